The molecule has 29 heavy (non-hydrogen) atoms. The number of allylic oxidation sites excluding steroid dienone is 2. The summed E-state index contributed by atoms with van der Waals surface area (Å²) in [5.74, 6) is -0.665. The molecule has 0 aromatic rings. The molecule has 5 heteroatoms. The normalized spacial score (nSPS) is 21.9. The van der Waals surface area contributed by atoms with Gasteiger partial charge < -0.3 is 10.2 Å². The quantitative estimate of drug-likeness (QED) is 0.253. The van der Waals surface area contributed by atoms with Crippen LogP contribution in [0.4, 0.5) is 0 Å². The number of Topliss-reactive ketones (excluding diaryl/α,β-unsaturated/α-hetero) is 2. The summed E-state index contributed by atoms with van der Waals surface area (Å²) < 4.78 is 0. The van der Waals surface area contributed by atoms with Gasteiger partial charge in [0.15, 0.2) is 0 Å². The second kappa shape index (κ2) is 15.4. The lowest BCUT2D eigenvalue weighted by Crippen LogP contribution is -2.21. The number of aliphatic carboxylic acids is 1. The fourth-order valence-corrected chi connectivity index (χ4v) is 4.17. The summed E-state index contributed by atoms with van der Waals surface area (Å²) in [7, 11) is 0. The van der Waals surface area contributed by atoms with Gasteiger partial charge in [-0.05, 0) is 44.4 Å². The molecule has 3 atom stereocenters. The van der Waals surface area contributed by atoms with Crippen molar-refractivity contribution in [1.82, 2.24) is 0 Å². The number of ketones is 2. The second-order valence-electron chi connectivity index (χ2n) is 8.45. The fourth-order valence-electron chi connectivity index (χ4n) is 4.17. The van der Waals surface area contributed by atoms with Gasteiger partial charge in [-0.1, -0.05) is 51.2 Å². The summed E-state index contributed by atoms with van der Waals surface area (Å²) >= 11 is 0. The molecule has 1 rings (SSSR count). The zero-order valence-electron chi connectivity index (χ0n) is 18.1. The average Bonchev–Trinajstić information content (AvgIpc) is 2.94. The minimum Gasteiger partial charge on any atom is -0.481 e. The van der Waals surface area contributed by atoms with Crippen LogP contribution in [0.3, 0.4) is 0 Å². The highest BCUT2D eigenvalue weighted by molar-refractivity contribution is 5.84. The molecule has 2 N–H and O–H groups in total. The van der Waals surface area contributed by atoms with Crippen molar-refractivity contribution in [3.05, 3.63) is 12.2 Å². The van der Waals surface area contributed by atoms with Gasteiger partial charge in [0.2, 0.25) is 0 Å². The second-order valence-corrected chi connectivity index (χ2v) is 8.45. The molecule has 0 aromatic carbocycles. The number of aliphatic hydroxyl groups is 1. The van der Waals surface area contributed by atoms with Gasteiger partial charge >= 0.3 is 5.97 Å². The Bertz CT molecular complexity index is 525. The van der Waals surface area contributed by atoms with E-state index in [1.54, 1.807) is 0 Å². The van der Waals surface area contributed by atoms with E-state index in [4.69, 9.17) is 5.11 Å². The van der Waals surface area contributed by atoms with Gasteiger partial charge in [0, 0.05) is 31.6 Å². The van der Waals surface area contributed by atoms with Gasteiger partial charge in [0.1, 0.15) is 11.6 Å². The van der Waals surface area contributed by atoms with Gasteiger partial charge in [-0.25, -0.2) is 0 Å². The van der Waals surface area contributed by atoms with Crippen LogP contribution in [0, 0.1) is 11.8 Å². The van der Waals surface area contributed by atoms with Gasteiger partial charge in [-0.3, -0.25) is 14.4 Å². The summed E-state index contributed by atoms with van der Waals surface area (Å²) in [5, 5.41) is 18.9. The lowest BCUT2D eigenvalue weighted by molar-refractivity contribution is -0.137. The minimum atomic E-state index is -0.750. The maximum Gasteiger partial charge on any atom is 0.303 e. The Morgan fingerprint density at radius 3 is 2.38 bits per heavy atom. The lowest BCUT2D eigenvalue weighted by atomic mass is 9.86. The molecule has 1 saturated carbocycles. The van der Waals surface area contributed by atoms with Crippen LogP contribution in [-0.2, 0) is 14.4 Å². The molecule has 0 amide bonds. The Kier molecular flexibility index (Phi) is 13.5. The first-order valence-corrected chi connectivity index (χ1v) is 11.5. The average molecular weight is 409 g/mol. The maximum absolute atomic E-state index is 12.2. The first kappa shape index (κ1) is 25.5. The molecule has 0 bridgehead atoms. The van der Waals surface area contributed by atoms with Crippen molar-refractivity contribution in [3.8, 4) is 0 Å². The molecule has 166 valence electrons. The third kappa shape index (κ3) is 11.3. The van der Waals surface area contributed by atoms with Crippen LogP contribution in [0.5, 0.6) is 0 Å². The van der Waals surface area contributed by atoms with E-state index in [1.807, 2.05) is 6.08 Å². The lowest BCUT2D eigenvalue weighted by Gasteiger charge is -2.19. The van der Waals surface area contributed by atoms with E-state index in [2.05, 4.69) is 13.0 Å². The van der Waals surface area contributed by atoms with Crippen LogP contribution in [-0.4, -0.2) is 33.9 Å². The van der Waals surface area contributed by atoms with E-state index in [1.165, 1.54) is 19.3 Å². The summed E-state index contributed by atoms with van der Waals surface area (Å²) in [4.78, 5) is 34.9. The van der Waals surface area contributed by atoms with Crippen LogP contribution in [0.25, 0.3) is 0 Å². The molecule has 0 saturated heterocycles. The van der Waals surface area contributed by atoms with Crippen molar-refractivity contribution in [3.63, 3.8) is 0 Å². The molecular weight excluding hydrogens is 368 g/mol. The molecular formula is C24H40O5. The highest BCUT2D eigenvalue weighted by Crippen LogP contribution is 2.35. The van der Waals surface area contributed by atoms with Crippen molar-refractivity contribution in [2.75, 3.05) is 0 Å². The van der Waals surface area contributed by atoms with Crippen molar-refractivity contribution >= 4 is 17.5 Å². The van der Waals surface area contributed by atoms with Gasteiger partial charge in [0.25, 0.3) is 0 Å². The highest BCUT2D eigenvalue weighted by atomic mass is 16.4. The summed E-state index contributed by atoms with van der Waals surface area (Å²) in [6.45, 7) is 2.17. The maximum atomic E-state index is 12.2. The molecule has 5 nitrogen and oxygen atoms in total. The number of carbonyl (C=O) groups is 3. The third-order valence-corrected chi connectivity index (χ3v) is 5.97. The van der Waals surface area contributed by atoms with E-state index in [9.17, 15) is 19.5 Å². The number of carboxylic acid groups (broad SMARTS) is 1. The Morgan fingerprint density at radius 1 is 0.966 bits per heavy atom. The number of unbranched alkanes of at least 4 members (excludes halogenated alkanes) is 7. The minimum absolute atomic E-state index is 0.105. The molecule has 0 aliphatic heterocycles. The Labute approximate surface area is 176 Å². The number of carboxylic acids is 1. The molecule has 1 fully saturated rings. The first-order chi connectivity index (χ1) is 14.0. The van der Waals surface area contributed by atoms with Crippen LogP contribution in [0.2, 0.25) is 0 Å². The molecule has 1 aliphatic rings. The Morgan fingerprint density at radius 2 is 1.66 bits per heavy atom. The number of aliphatic hydroxyl groups excluding tert-OH is 1. The summed E-state index contributed by atoms with van der Waals surface area (Å²) in [6.07, 6.45) is 15.3. The molecule has 1 aliphatic carbocycles. The molecule has 0 unspecified atom stereocenters. The predicted molar refractivity (Wildman–Crippen MR) is 115 cm³/mol. The zero-order chi connectivity index (χ0) is 21.5. The van der Waals surface area contributed by atoms with Crippen molar-refractivity contribution in [2.45, 2.75) is 109 Å². The van der Waals surface area contributed by atoms with E-state index in [-0.39, 0.29) is 36.2 Å². The monoisotopic (exact) mass is 408 g/mol. The fraction of sp³-hybridized carbons (Fsp3) is 0.792. The zero-order valence-corrected chi connectivity index (χ0v) is 18.1. The van der Waals surface area contributed by atoms with Crippen molar-refractivity contribution in [1.29, 1.82) is 0 Å². The van der Waals surface area contributed by atoms with Crippen LogP contribution >= 0.6 is 0 Å². The smallest absolute Gasteiger partial charge is 0.303 e. The van der Waals surface area contributed by atoms with Crippen molar-refractivity contribution in [2.24, 2.45) is 11.8 Å². The van der Waals surface area contributed by atoms with E-state index in [0.717, 1.165) is 32.1 Å². The summed E-state index contributed by atoms with van der Waals surface area (Å²) in [5.41, 5.74) is 0. The highest BCUT2D eigenvalue weighted by Gasteiger charge is 2.40. The number of rotatable bonds is 17. The molecule has 0 radical (unpaired) electrons. The standard InChI is InChI=1S/C24H40O5/c1-2-3-4-7-10-13-19(25)16-17-21-20(22(26)18-23(21)27)14-11-8-5-6-9-12-15-24(28)29/h8,11,20-21,23,27H,2-7,9-10,12-18H2,1H3,(H,28,29)/t20-,21-,23-/m1/s1. The van der Waals surface area contributed by atoms with Gasteiger partial charge in [0.05, 0.1) is 6.10 Å². The van der Waals surface area contributed by atoms with E-state index >= 15 is 0 Å². The van der Waals surface area contributed by atoms with Gasteiger partial charge in [-0.2, -0.15) is 0 Å². The SMILES string of the molecule is CCCCCCCC(=O)CC[C@H]1[C@H](O)CC(=O)[C@@H]1CC=CCCCCCC(=O)O. The predicted octanol–water partition coefficient (Wildman–Crippen LogP) is 5.24. The molecule has 0 aromatic heterocycles. The van der Waals surface area contributed by atoms with Crippen LogP contribution in [0.1, 0.15) is 103 Å². The molecule has 0 heterocycles. The largest absolute Gasteiger partial charge is 0.481 e. The van der Waals surface area contributed by atoms with Crippen molar-refractivity contribution < 1.29 is 24.6 Å². The Balaban J connectivity index is 2.28. The number of hydrogen-bond donors (Lipinski definition) is 2. The third-order valence-electron chi connectivity index (χ3n) is 5.97. The first-order valence-electron chi connectivity index (χ1n) is 11.5. The Hall–Kier alpha value is -1.49. The van der Waals surface area contributed by atoms with E-state index < -0.39 is 12.1 Å². The summed E-state index contributed by atoms with van der Waals surface area (Å²) in [6, 6.07) is 0. The van der Waals surface area contributed by atoms with Crippen LogP contribution < -0.4 is 0 Å². The number of carbonyl (C=O) groups excluding carboxylic acids is 2. The van der Waals surface area contributed by atoms with Gasteiger partial charge in [-0.15, -0.1) is 0 Å². The van der Waals surface area contributed by atoms with E-state index in [0.29, 0.717) is 32.1 Å². The number of hydrogen-bond acceptors (Lipinski definition) is 4. The van der Waals surface area contributed by atoms with Crippen LogP contribution in [0.15, 0.2) is 12.2 Å². The topological polar surface area (TPSA) is 91.7 Å². The molecule has 0 spiro atoms.